The maximum Gasteiger partial charge on any atom is 0.238 e. The van der Waals surface area contributed by atoms with E-state index in [2.05, 4.69) is 5.32 Å². The zero-order chi connectivity index (χ0) is 12.9. The molecule has 1 fully saturated rings. The summed E-state index contributed by atoms with van der Waals surface area (Å²) in [4.78, 5) is 11.9. The molecule has 1 rings (SSSR count). The fourth-order valence-electron chi connectivity index (χ4n) is 2.05. The maximum atomic E-state index is 11.9. The molecule has 0 spiro atoms. The van der Waals surface area contributed by atoms with Crippen molar-refractivity contribution in [2.24, 2.45) is 0 Å². The minimum absolute atomic E-state index is 0.0165. The lowest BCUT2D eigenvalue weighted by Crippen LogP contribution is -2.46. The molecular weight excluding hydrogens is 262 g/mol. The summed E-state index contributed by atoms with van der Waals surface area (Å²) in [5.74, 6) is 0.259. The van der Waals surface area contributed by atoms with E-state index in [1.54, 1.807) is 0 Å². The summed E-state index contributed by atoms with van der Waals surface area (Å²) in [7, 11) is -3.24. The Morgan fingerprint density at radius 2 is 2.18 bits per heavy atom. The Morgan fingerprint density at radius 3 is 2.71 bits per heavy atom. The molecule has 1 aliphatic rings. The molecule has 1 amide bonds. The topological polar surface area (TPSA) is 63.2 Å². The first kappa shape index (κ1) is 14.8. The molecule has 1 heterocycles. The molecule has 4 nitrogen and oxygen atoms in total. The molecule has 1 N–H and O–H groups in total. The molecule has 0 aliphatic carbocycles. The summed E-state index contributed by atoms with van der Waals surface area (Å²) in [5, 5.41) is 1.94. The quantitative estimate of drug-likeness (QED) is 0.777. The van der Waals surface area contributed by atoms with Gasteiger partial charge in [0.2, 0.25) is 5.91 Å². The zero-order valence-electron chi connectivity index (χ0n) is 10.1. The summed E-state index contributed by atoms with van der Waals surface area (Å²) >= 11 is 5.63. The van der Waals surface area contributed by atoms with Crippen LogP contribution < -0.4 is 5.32 Å². The van der Waals surface area contributed by atoms with Crippen LogP contribution >= 0.6 is 11.6 Å². The van der Waals surface area contributed by atoms with Crippen LogP contribution in [0.2, 0.25) is 0 Å². The van der Waals surface area contributed by atoms with Gasteiger partial charge in [0.05, 0.1) is 5.75 Å². The fraction of sp³-hybridized carbons (Fsp3) is 0.909. The first-order valence-electron chi connectivity index (χ1n) is 6.09. The van der Waals surface area contributed by atoms with E-state index in [0.29, 0.717) is 25.1 Å². The smallest absolute Gasteiger partial charge is 0.238 e. The van der Waals surface area contributed by atoms with Crippen LogP contribution in [0.3, 0.4) is 0 Å². The molecule has 0 saturated carbocycles. The van der Waals surface area contributed by atoms with Crippen molar-refractivity contribution in [3.63, 3.8) is 0 Å². The van der Waals surface area contributed by atoms with Gasteiger partial charge in [0.25, 0.3) is 0 Å². The van der Waals surface area contributed by atoms with Crippen LogP contribution in [0.1, 0.15) is 39.0 Å². The lowest BCUT2D eigenvalue weighted by Gasteiger charge is -2.24. The third-order valence-electron chi connectivity index (χ3n) is 3.17. The van der Waals surface area contributed by atoms with Gasteiger partial charge in [0.15, 0.2) is 9.84 Å². The Kier molecular flexibility index (Phi) is 5.73. The number of hydrogen-bond donors (Lipinski definition) is 1. The Morgan fingerprint density at radius 1 is 1.47 bits per heavy atom. The fourth-order valence-corrected chi connectivity index (χ4v) is 4.13. The summed E-state index contributed by atoms with van der Waals surface area (Å²) in [5.41, 5.74) is 0. The zero-order valence-corrected chi connectivity index (χ0v) is 11.7. The van der Waals surface area contributed by atoms with Crippen molar-refractivity contribution < 1.29 is 13.2 Å². The average molecular weight is 282 g/mol. The molecule has 1 saturated heterocycles. The van der Waals surface area contributed by atoms with E-state index >= 15 is 0 Å². The highest BCUT2D eigenvalue weighted by Crippen LogP contribution is 2.20. The molecule has 17 heavy (non-hydrogen) atoms. The lowest BCUT2D eigenvalue weighted by atomic mass is 10.1. The predicted octanol–water partition coefficient (Wildman–Crippen LogP) is 1.48. The predicted molar refractivity (Wildman–Crippen MR) is 69.0 cm³/mol. The molecule has 0 aromatic carbocycles. The second-order valence-corrected chi connectivity index (χ2v) is 7.12. The van der Waals surface area contributed by atoms with Gasteiger partial charge in [0.1, 0.15) is 5.25 Å². The molecule has 0 radical (unpaired) electrons. The van der Waals surface area contributed by atoms with Crippen LogP contribution in [-0.2, 0) is 14.6 Å². The van der Waals surface area contributed by atoms with Gasteiger partial charge in [-0.25, -0.2) is 8.42 Å². The highest BCUT2D eigenvalue weighted by molar-refractivity contribution is 7.92. The van der Waals surface area contributed by atoms with Crippen LogP contribution in [-0.4, -0.2) is 37.2 Å². The number of carbonyl (C=O) groups excluding carboxylic acids is 1. The molecular formula is C11H20ClNO3S. The minimum atomic E-state index is -3.24. The second-order valence-electron chi connectivity index (χ2n) is 4.44. The van der Waals surface area contributed by atoms with Crippen LogP contribution in [0.4, 0.5) is 0 Å². The second kappa shape index (κ2) is 6.59. The Hall–Kier alpha value is -0.290. The van der Waals surface area contributed by atoms with E-state index in [0.717, 1.165) is 12.8 Å². The number of rotatable bonds is 5. The van der Waals surface area contributed by atoms with Crippen LogP contribution in [0.15, 0.2) is 0 Å². The van der Waals surface area contributed by atoms with Crippen LogP contribution in [0, 0.1) is 0 Å². The summed E-state index contributed by atoms with van der Waals surface area (Å²) in [6, 6.07) is -0.0165. The van der Waals surface area contributed by atoms with Gasteiger partial charge in [-0.05, 0) is 25.7 Å². The number of hydrogen-bond acceptors (Lipinski definition) is 3. The number of carbonyl (C=O) groups is 1. The summed E-state index contributed by atoms with van der Waals surface area (Å²) in [6.07, 6.45) is 3.38. The van der Waals surface area contributed by atoms with Gasteiger partial charge in [-0.2, -0.15) is 0 Å². The Labute approximate surface area is 108 Å². The first-order valence-corrected chi connectivity index (χ1v) is 8.34. The summed E-state index contributed by atoms with van der Waals surface area (Å²) in [6.45, 7) is 1.95. The third kappa shape index (κ3) is 4.14. The van der Waals surface area contributed by atoms with Crippen molar-refractivity contribution in [2.45, 2.75) is 50.3 Å². The van der Waals surface area contributed by atoms with Gasteiger partial charge in [0, 0.05) is 11.9 Å². The van der Waals surface area contributed by atoms with Crippen molar-refractivity contribution in [3.05, 3.63) is 0 Å². The van der Waals surface area contributed by atoms with Gasteiger partial charge >= 0.3 is 0 Å². The maximum absolute atomic E-state index is 11.9. The first-order chi connectivity index (χ1) is 8.01. The number of sulfone groups is 1. The van der Waals surface area contributed by atoms with E-state index < -0.39 is 15.1 Å². The SMILES string of the molecule is CCC(CCCl)NC(=O)C1CCCCS1(=O)=O. The van der Waals surface area contributed by atoms with E-state index in [1.807, 2.05) is 6.92 Å². The molecule has 0 aromatic heterocycles. The van der Waals surface area contributed by atoms with Crippen LogP contribution in [0.25, 0.3) is 0 Å². The van der Waals surface area contributed by atoms with Crippen molar-refractivity contribution in [1.82, 2.24) is 5.32 Å². The van der Waals surface area contributed by atoms with Gasteiger partial charge in [-0.15, -0.1) is 11.6 Å². The number of alkyl halides is 1. The number of halogens is 1. The monoisotopic (exact) mass is 281 g/mol. The summed E-state index contributed by atoms with van der Waals surface area (Å²) < 4.78 is 23.5. The largest absolute Gasteiger partial charge is 0.352 e. The van der Waals surface area contributed by atoms with Crippen molar-refractivity contribution in [3.8, 4) is 0 Å². The van der Waals surface area contributed by atoms with Crippen molar-refractivity contribution >= 4 is 27.3 Å². The third-order valence-corrected chi connectivity index (χ3v) is 5.56. The van der Waals surface area contributed by atoms with Crippen molar-refractivity contribution in [2.75, 3.05) is 11.6 Å². The van der Waals surface area contributed by atoms with E-state index in [1.165, 1.54) is 0 Å². The van der Waals surface area contributed by atoms with Crippen LogP contribution in [0.5, 0.6) is 0 Å². The minimum Gasteiger partial charge on any atom is -0.352 e. The number of nitrogens with one attached hydrogen (secondary N) is 1. The van der Waals surface area contributed by atoms with Gasteiger partial charge in [-0.3, -0.25) is 4.79 Å². The molecule has 0 aromatic rings. The normalized spacial score (nSPS) is 25.2. The molecule has 2 atom stereocenters. The molecule has 0 bridgehead atoms. The Bertz CT molecular complexity index is 356. The van der Waals surface area contributed by atoms with Gasteiger partial charge in [-0.1, -0.05) is 13.3 Å². The molecule has 100 valence electrons. The number of amides is 1. The average Bonchev–Trinajstić information content (AvgIpc) is 2.27. The lowest BCUT2D eigenvalue weighted by molar-refractivity contribution is -0.121. The standard InChI is InChI=1S/C11H20ClNO3S/c1-2-9(6-7-12)13-11(14)10-5-3-4-8-17(10,15)16/h9-10H,2-8H2,1H3,(H,13,14). The highest BCUT2D eigenvalue weighted by atomic mass is 35.5. The molecule has 2 unspecified atom stereocenters. The van der Waals surface area contributed by atoms with Crippen molar-refractivity contribution in [1.29, 1.82) is 0 Å². The van der Waals surface area contributed by atoms with E-state index in [9.17, 15) is 13.2 Å². The Balaban J connectivity index is 2.62. The van der Waals surface area contributed by atoms with E-state index in [-0.39, 0.29) is 17.7 Å². The highest BCUT2D eigenvalue weighted by Gasteiger charge is 2.35. The van der Waals surface area contributed by atoms with E-state index in [4.69, 9.17) is 11.6 Å². The van der Waals surface area contributed by atoms with Gasteiger partial charge < -0.3 is 5.32 Å². The molecule has 1 aliphatic heterocycles. The molecule has 6 heteroatoms.